The van der Waals surface area contributed by atoms with Crippen LogP contribution in [-0.4, -0.2) is 37.7 Å². The Morgan fingerprint density at radius 3 is 2.48 bits per heavy atom. The number of furan rings is 1. The van der Waals surface area contributed by atoms with Crippen molar-refractivity contribution in [2.75, 3.05) is 26.1 Å². The fourth-order valence-corrected chi connectivity index (χ4v) is 2.62. The molecular formula is C19H24N2O6. The Hall–Kier alpha value is -3.00. The van der Waals surface area contributed by atoms with Crippen LogP contribution in [0, 0.1) is 13.8 Å². The lowest BCUT2D eigenvalue weighted by Crippen LogP contribution is -2.36. The molecule has 146 valence electrons. The molecule has 0 aliphatic carbocycles. The molecule has 0 aliphatic rings. The summed E-state index contributed by atoms with van der Waals surface area (Å²) in [5.41, 5.74) is 1.03. The van der Waals surface area contributed by atoms with Crippen LogP contribution < -0.4 is 20.1 Å². The number of methoxy groups -OCH3 is 2. The highest BCUT2D eigenvalue weighted by Gasteiger charge is 2.18. The highest BCUT2D eigenvalue weighted by atomic mass is 16.5. The Labute approximate surface area is 157 Å². The SMILES string of the molecule is COc1ccc(NC(=O)C(=O)NCCC(O)c2cc(C)oc2C)c(OC)c1. The van der Waals surface area contributed by atoms with Gasteiger partial charge in [0.2, 0.25) is 0 Å². The molecule has 1 unspecified atom stereocenters. The number of aryl methyl sites for hydroxylation is 2. The van der Waals surface area contributed by atoms with E-state index in [0.29, 0.717) is 34.3 Å². The van der Waals surface area contributed by atoms with Gasteiger partial charge in [-0.25, -0.2) is 0 Å². The van der Waals surface area contributed by atoms with E-state index in [4.69, 9.17) is 13.9 Å². The van der Waals surface area contributed by atoms with Gasteiger partial charge in [-0.05, 0) is 38.5 Å². The number of aliphatic hydroxyl groups is 1. The van der Waals surface area contributed by atoms with Crippen LogP contribution in [-0.2, 0) is 9.59 Å². The quantitative estimate of drug-likeness (QED) is 0.638. The van der Waals surface area contributed by atoms with E-state index in [1.807, 2.05) is 0 Å². The second kappa shape index (κ2) is 9.09. The maximum atomic E-state index is 12.1. The van der Waals surface area contributed by atoms with Crippen molar-refractivity contribution in [3.63, 3.8) is 0 Å². The number of rotatable bonds is 7. The Morgan fingerprint density at radius 2 is 1.89 bits per heavy atom. The largest absolute Gasteiger partial charge is 0.497 e. The molecule has 2 rings (SSSR count). The molecule has 2 aromatic rings. The molecule has 3 N–H and O–H groups in total. The Kier molecular flexibility index (Phi) is 6.84. The molecule has 1 aromatic carbocycles. The summed E-state index contributed by atoms with van der Waals surface area (Å²) >= 11 is 0. The van der Waals surface area contributed by atoms with Crippen molar-refractivity contribution in [3.05, 3.63) is 41.3 Å². The molecule has 0 radical (unpaired) electrons. The number of amides is 2. The summed E-state index contributed by atoms with van der Waals surface area (Å²) in [6, 6.07) is 6.57. The van der Waals surface area contributed by atoms with Gasteiger partial charge in [-0.1, -0.05) is 0 Å². The normalized spacial score (nSPS) is 11.6. The maximum Gasteiger partial charge on any atom is 0.313 e. The van der Waals surface area contributed by atoms with Gasteiger partial charge in [0.1, 0.15) is 23.0 Å². The zero-order valence-electron chi connectivity index (χ0n) is 15.8. The predicted molar refractivity (Wildman–Crippen MR) is 98.9 cm³/mol. The van der Waals surface area contributed by atoms with Gasteiger partial charge in [-0.15, -0.1) is 0 Å². The van der Waals surface area contributed by atoms with Crippen LogP contribution in [0.1, 0.15) is 29.6 Å². The summed E-state index contributed by atoms with van der Waals surface area (Å²) in [7, 11) is 2.96. The summed E-state index contributed by atoms with van der Waals surface area (Å²) in [4.78, 5) is 24.0. The molecule has 8 heteroatoms. The smallest absolute Gasteiger partial charge is 0.313 e. The summed E-state index contributed by atoms with van der Waals surface area (Å²) < 4.78 is 15.6. The second-order valence-electron chi connectivity index (χ2n) is 5.95. The van der Waals surface area contributed by atoms with E-state index in [1.165, 1.54) is 14.2 Å². The van der Waals surface area contributed by atoms with E-state index in [2.05, 4.69) is 10.6 Å². The van der Waals surface area contributed by atoms with Gasteiger partial charge in [-0.2, -0.15) is 0 Å². The summed E-state index contributed by atoms with van der Waals surface area (Å²) in [5, 5.41) is 15.1. The first-order valence-electron chi connectivity index (χ1n) is 8.42. The van der Waals surface area contributed by atoms with Crippen LogP contribution in [0.5, 0.6) is 11.5 Å². The van der Waals surface area contributed by atoms with Gasteiger partial charge in [-0.3, -0.25) is 9.59 Å². The predicted octanol–water partition coefficient (Wildman–Crippen LogP) is 2.09. The van der Waals surface area contributed by atoms with E-state index in [1.54, 1.807) is 38.1 Å². The van der Waals surface area contributed by atoms with E-state index in [-0.39, 0.29) is 13.0 Å². The van der Waals surface area contributed by atoms with Crippen molar-refractivity contribution in [2.45, 2.75) is 26.4 Å². The van der Waals surface area contributed by atoms with Gasteiger partial charge in [0.05, 0.1) is 26.0 Å². The molecular weight excluding hydrogens is 352 g/mol. The highest BCUT2D eigenvalue weighted by Crippen LogP contribution is 2.29. The van der Waals surface area contributed by atoms with Crippen LogP contribution in [0.4, 0.5) is 5.69 Å². The first-order valence-corrected chi connectivity index (χ1v) is 8.42. The van der Waals surface area contributed by atoms with Crippen LogP contribution in [0.2, 0.25) is 0 Å². The topological polar surface area (TPSA) is 110 Å². The molecule has 1 atom stereocenters. The van der Waals surface area contributed by atoms with Crippen molar-refractivity contribution < 1.29 is 28.6 Å². The van der Waals surface area contributed by atoms with Gasteiger partial charge >= 0.3 is 11.8 Å². The molecule has 1 aromatic heterocycles. The van der Waals surface area contributed by atoms with Crippen LogP contribution >= 0.6 is 0 Å². The van der Waals surface area contributed by atoms with Gasteiger partial charge in [0.15, 0.2) is 0 Å². The Balaban J connectivity index is 1.87. The maximum absolute atomic E-state index is 12.1. The number of carbonyl (C=O) groups is 2. The molecule has 1 heterocycles. The van der Waals surface area contributed by atoms with Crippen molar-refractivity contribution >= 4 is 17.5 Å². The second-order valence-corrected chi connectivity index (χ2v) is 5.95. The average molecular weight is 376 g/mol. The molecule has 0 aliphatic heterocycles. The Bertz CT molecular complexity index is 815. The van der Waals surface area contributed by atoms with Crippen LogP contribution in [0.3, 0.4) is 0 Å². The van der Waals surface area contributed by atoms with Crippen molar-refractivity contribution in [3.8, 4) is 11.5 Å². The molecule has 27 heavy (non-hydrogen) atoms. The lowest BCUT2D eigenvalue weighted by atomic mass is 10.1. The minimum absolute atomic E-state index is 0.136. The third-order valence-corrected chi connectivity index (χ3v) is 4.00. The number of aliphatic hydroxyl groups excluding tert-OH is 1. The molecule has 0 spiro atoms. The van der Waals surface area contributed by atoms with Crippen molar-refractivity contribution in [2.24, 2.45) is 0 Å². The summed E-state index contributed by atoms with van der Waals surface area (Å²) in [6.07, 6.45) is -0.530. The minimum Gasteiger partial charge on any atom is -0.497 e. The van der Waals surface area contributed by atoms with E-state index in [0.717, 1.165) is 0 Å². The first-order chi connectivity index (χ1) is 12.8. The number of benzene rings is 1. The van der Waals surface area contributed by atoms with Gasteiger partial charge in [0.25, 0.3) is 0 Å². The molecule has 2 amide bonds. The zero-order valence-corrected chi connectivity index (χ0v) is 15.8. The molecule has 0 bridgehead atoms. The average Bonchev–Trinajstić information content (AvgIpc) is 2.99. The number of ether oxygens (including phenoxy) is 2. The van der Waals surface area contributed by atoms with E-state index >= 15 is 0 Å². The van der Waals surface area contributed by atoms with E-state index < -0.39 is 17.9 Å². The Morgan fingerprint density at radius 1 is 1.15 bits per heavy atom. The number of hydrogen-bond donors (Lipinski definition) is 3. The van der Waals surface area contributed by atoms with Crippen molar-refractivity contribution in [1.82, 2.24) is 5.32 Å². The first kappa shape index (κ1) is 20.3. The third-order valence-electron chi connectivity index (χ3n) is 4.00. The lowest BCUT2D eigenvalue weighted by Gasteiger charge is -2.12. The summed E-state index contributed by atoms with van der Waals surface area (Å²) in [5.74, 6) is 0.641. The number of carbonyl (C=O) groups excluding carboxylic acids is 2. The number of nitrogens with one attached hydrogen (secondary N) is 2. The molecule has 0 saturated carbocycles. The molecule has 0 saturated heterocycles. The fraction of sp³-hybridized carbons (Fsp3) is 0.368. The third kappa shape index (κ3) is 5.24. The monoisotopic (exact) mass is 376 g/mol. The lowest BCUT2D eigenvalue weighted by molar-refractivity contribution is -0.136. The van der Waals surface area contributed by atoms with Gasteiger partial charge < -0.3 is 29.6 Å². The number of hydrogen-bond acceptors (Lipinski definition) is 6. The van der Waals surface area contributed by atoms with Crippen LogP contribution in [0.15, 0.2) is 28.7 Å². The van der Waals surface area contributed by atoms with Crippen molar-refractivity contribution in [1.29, 1.82) is 0 Å². The zero-order chi connectivity index (χ0) is 20.0. The standard InChI is InChI=1S/C19H24N2O6/c1-11-9-14(12(2)27-11)16(22)7-8-20-18(23)19(24)21-15-6-5-13(25-3)10-17(15)26-4/h5-6,9-10,16,22H,7-8H2,1-4H3,(H,20,23)(H,21,24). The van der Waals surface area contributed by atoms with E-state index in [9.17, 15) is 14.7 Å². The molecule has 8 nitrogen and oxygen atoms in total. The minimum atomic E-state index is -0.830. The molecule has 0 fully saturated rings. The highest BCUT2D eigenvalue weighted by molar-refractivity contribution is 6.39. The number of anilines is 1. The van der Waals surface area contributed by atoms with Crippen LogP contribution in [0.25, 0.3) is 0 Å². The summed E-state index contributed by atoms with van der Waals surface area (Å²) in [6.45, 7) is 3.69. The fourth-order valence-electron chi connectivity index (χ4n) is 2.62. The van der Waals surface area contributed by atoms with Gasteiger partial charge in [0, 0.05) is 18.2 Å².